The number of nitrogens with one attached hydrogen (secondary N) is 2. The Morgan fingerprint density at radius 3 is 2.06 bits per heavy atom. The van der Waals surface area contributed by atoms with E-state index in [0.717, 1.165) is 5.56 Å². The number of benzene rings is 3. The Labute approximate surface area is 318 Å². The Bertz CT molecular complexity index is 1840. The normalized spacial score (nSPS) is 19.5. The third kappa shape index (κ3) is 9.29. The number of ether oxygens (including phenoxy) is 3. The van der Waals surface area contributed by atoms with Crippen molar-refractivity contribution in [2.24, 2.45) is 0 Å². The summed E-state index contributed by atoms with van der Waals surface area (Å²) >= 11 is 0. The standard InChI is InChI=1S/C43H53N3O8/c1-41(2,3)53-36(47)27-34(39(50)54-42(4,5)6)45-40(51)43(28-15-9-8-10-16-28)24-21-31(30-17-11-13-19-33(30)43)38(49)46-25-22-29(23-26-46)44-37(48)32-18-12-14-20-35(32)52-7/h8-20,29,31,34H,21-27H2,1-7H3,(H,44,48)(H,45,51)/t31-,34-,43+/m0/s1. The van der Waals surface area contributed by atoms with E-state index in [0.29, 0.717) is 54.8 Å². The lowest BCUT2D eigenvalue weighted by molar-refractivity contribution is -0.165. The average molecular weight is 740 g/mol. The molecule has 0 aromatic heterocycles. The van der Waals surface area contributed by atoms with E-state index in [9.17, 15) is 24.0 Å². The van der Waals surface area contributed by atoms with Crippen molar-refractivity contribution < 1.29 is 38.2 Å². The number of likely N-dealkylation sites (tertiary alicyclic amines) is 1. The first-order chi connectivity index (χ1) is 25.5. The van der Waals surface area contributed by atoms with Gasteiger partial charge < -0.3 is 29.7 Å². The van der Waals surface area contributed by atoms with E-state index < -0.39 is 52.8 Å². The van der Waals surface area contributed by atoms with Crippen LogP contribution in [0.15, 0.2) is 78.9 Å². The number of hydrogen-bond donors (Lipinski definition) is 2. The van der Waals surface area contributed by atoms with E-state index in [1.165, 1.54) is 7.11 Å². The molecule has 11 heteroatoms. The molecule has 5 rings (SSSR count). The van der Waals surface area contributed by atoms with Crippen molar-refractivity contribution in [2.45, 2.75) is 108 Å². The van der Waals surface area contributed by atoms with Gasteiger partial charge in [-0.3, -0.25) is 19.2 Å². The minimum absolute atomic E-state index is 0.0319. The lowest BCUT2D eigenvalue weighted by atomic mass is 9.62. The number of para-hydroxylation sites is 1. The molecule has 3 amide bonds. The molecule has 288 valence electrons. The second-order valence-electron chi connectivity index (χ2n) is 16.1. The van der Waals surface area contributed by atoms with E-state index in [2.05, 4.69) is 10.6 Å². The SMILES string of the molecule is COc1ccccc1C(=O)NC1CCN(C(=O)[C@H]2CC[C@@](C(=O)N[C@@H](CC(=O)OC(C)(C)C)C(=O)OC(C)(C)C)(c3ccccc3)c3ccccc32)CC1. The second-order valence-corrected chi connectivity index (χ2v) is 16.1. The lowest BCUT2D eigenvalue weighted by Gasteiger charge is -2.43. The zero-order valence-corrected chi connectivity index (χ0v) is 32.4. The van der Waals surface area contributed by atoms with E-state index in [1.807, 2.05) is 65.6 Å². The second kappa shape index (κ2) is 16.4. The smallest absolute Gasteiger partial charge is 0.329 e. The number of fused-ring (bicyclic) bond motifs is 1. The zero-order chi connectivity index (χ0) is 39.3. The molecule has 54 heavy (non-hydrogen) atoms. The van der Waals surface area contributed by atoms with Crippen LogP contribution >= 0.6 is 0 Å². The summed E-state index contributed by atoms with van der Waals surface area (Å²) in [5.74, 6) is -2.12. The number of nitrogens with zero attached hydrogens (tertiary/aromatic N) is 1. The highest BCUT2D eigenvalue weighted by Crippen LogP contribution is 2.48. The summed E-state index contributed by atoms with van der Waals surface area (Å²) in [5, 5.41) is 6.00. The quantitative estimate of drug-likeness (QED) is 0.248. The fourth-order valence-corrected chi connectivity index (χ4v) is 7.44. The molecule has 0 radical (unpaired) electrons. The van der Waals surface area contributed by atoms with Crippen LogP contribution in [-0.4, -0.2) is 78.0 Å². The van der Waals surface area contributed by atoms with Gasteiger partial charge >= 0.3 is 11.9 Å². The third-order valence-corrected chi connectivity index (χ3v) is 9.84. The number of rotatable bonds is 10. The summed E-state index contributed by atoms with van der Waals surface area (Å²) in [5.41, 5.74) is -0.380. The summed E-state index contributed by atoms with van der Waals surface area (Å²) in [6.07, 6.45) is 1.42. The molecule has 0 bridgehead atoms. The fourth-order valence-electron chi connectivity index (χ4n) is 7.44. The van der Waals surface area contributed by atoms with Gasteiger partial charge in [0.25, 0.3) is 5.91 Å². The van der Waals surface area contributed by atoms with Crippen molar-refractivity contribution in [3.63, 3.8) is 0 Å². The number of methoxy groups -OCH3 is 1. The van der Waals surface area contributed by atoms with Gasteiger partial charge in [0, 0.05) is 19.1 Å². The largest absolute Gasteiger partial charge is 0.496 e. The molecule has 1 aliphatic heterocycles. The minimum Gasteiger partial charge on any atom is -0.496 e. The van der Waals surface area contributed by atoms with Crippen molar-refractivity contribution in [1.29, 1.82) is 0 Å². The van der Waals surface area contributed by atoms with Crippen LogP contribution in [0.1, 0.15) is 107 Å². The highest BCUT2D eigenvalue weighted by molar-refractivity contribution is 5.98. The number of carbonyl (C=O) groups excluding carboxylic acids is 5. The van der Waals surface area contributed by atoms with Gasteiger partial charge in [-0.2, -0.15) is 0 Å². The molecule has 1 heterocycles. The Balaban J connectivity index is 1.39. The van der Waals surface area contributed by atoms with Gasteiger partial charge in [0.15, 0.2) is 0 Å². The zero-order valence-electron chi connectivity index (χ0n) is 32.4. The monoisotopic (exact) mass is 739 g/mol. The molecule has 1 fully saturated rings. The molecule has 1 aliphatic carbocycles. The van der Waals surface area contributed by atoms with Gasteiger partial charge in [-0.1, -0.05) is 66.7 Å². The van der Waals surface area contributed by atoms with Crippen molar-refractivity contribution in [2.75, 3.05) is 20.2 Å². The van der Waals surface area contributed by atoms with Crippen LogP contribution in [0.3, 0.4) is 0 Å². The van der Waals surface area contributed by atoms with Crippen LogP contribution < -0.4 is 15.4 Å². The molecule has 2 aliphatic rings. The highest BCUT2D eigenvalue weighted by atomic mass is 16.6. The number of amides is 3. The maximum atomic E-state index is 14.9. The predicted octanol–water partition coefficient (Wildman–Crippen LogP) is 5.84. The van der Waals surface area contributed by atoms with Crippen LogP contribution in [0.4, 0.5) is 0 Å². The van der Waals surface area contributed by atoms with Crippen LogP contribution in [0, 0.1) is 0 Å². The maximum absolute atomic E-state index is 14.9. The molecule has 1 saturated heterocycles. The van der Waals surface area contributed by atoms with Crippen LogP contribution in [0.2, 0.25) is 0 Å². The summed E-state index contributed by atoms with van der Waals surface area (Å²) in [7, 11) is 1.53. The molecular weight excluding hydrogens is 686 g/mol. The van der Waals surface area contributed by atoms with Gasteiger partial charge in [-0.25, -0.2) is 4.79 Å². The van der Waals surface area contributed by atoms with Crippen LogP contribution in [0.25, 0.3) is 0 Å². The Morgan fingerprint density at radius 1 is 0.796 bits per heavy atom. The topological polar surface area (TPSA) is 140 Å². The number of piperidine rings is 1. The molecule has 0 unspecified atom stereocenters. The van der Waals surface area contributed by atoms with Crippen molar-refractivity contribution in [3.8, 4) is 5.75 Å². The summed E-state index contributed by atoms with van der Waals surface area (Å²) in [6, 6.07) is 22.5. The summed E-state index contributed by atoms with van der Waals surface area (Å²) in [6.45, 7) is 11.3. The van der Waals surface area contributed by atoms with Crippen LogP contribution in [-0.2, 0) is 34.1 Å². The number of carbonyl (C=O) groups is 5. The average Bonchev–Trinajstić information content (AvgIpc) is 3.13. The fraction of sp³-hybridized carbons (Fsp3) is 0.465. The van der Waals surface area contributed by atoms with E-state index >= 15 is 0 Å². The molecule has 3 aromatic carbocycles. The molecule has 2 N–H and O–H groups in total. The van der Waals surface area contributed by atoms with Crippen molar-refractivity contribution in [3.05, 3.63) is 101 Å². The van der Waals surface area contributed by atoms with Gasteiger partial charge in [0.05, 0.1) is 30.4 Å². The summed E-state index contributed by atoms with van der Waals surface area (Å²) < 4.78 is 16.5. The van der Waals surface area contributed by atoms with E-state index in [1.54, 1.807) is 59.7 Å². The van der Waals surface area contributed by atoms with Gasteiger partial charge in [-0.05, 0) is 96.0 Å². The molecular formula is C43H53N3O8. The number of hydrogen-bond acceptors (Lipinski definition) is 8. The first-order valence-electron chi connectivity index (χ1n) is 18.7. The van der Waals surface area contributed by atoms with Crippen LogP contribution in [0.5, 0.6) is 5.75 Å². The first-order valence-corrected chi connectivity index (χ1v) is 18.7. The van der Waals surface area contributed by atoms with E-state index in [-0.39, 0.29) is 24.3 Å². The molecule has 3 aromatic rings. The molecule has 11 nitrogen and oxygen atoms in total. The van der Waals surface area contributed by atoms with Crippen molar-refractivity contribution in [1.82, 2.24) is 15.5 Å². The Hall–Kier alpha value is -5.19. The minimum atomic E-state index is -1.32. The van der Waals surface area contributed by atoms with E-state index in [4.69, 9.17) is 14.2 Å². The van der Waals surface area contributed by atoms with Gasteiger partial charge in [-0.15, -0.1) is 0 Å². The molecule has 0 spiro atoms. The van der Waals surface area contributed by atoms with Gasteiger partial charge in [0.1, 0.15) is 23.0 Å². The molecule has 3 atom stereocenters. The molecule has 0 saturated carbocycles. The highest BCUT2D eigenvalue weighted by Gasteiger charge is 2.50. The first kappa shape index (κ1) is 40.0. The summed E-state index contributed by atoms with van der Waals surface area (Å²) in [4.78, 5) is 70.6. The van der Waals surface area contributed by atoms with Crippen molar-refractivity contribution >= 4 is 29.7 Å². The Morgan fingerprint density at radius 2 is 1.41 bits per heavy atom. The predicted molar refractivity (Wildman–Crippen MR) is 204 cm³/mol. The third-order valence-electron chi connectivity index (χ3n) is 9.84. The lowest BCUT2D eigenvalue weighted by Crippen LogP contribution is -2.55. The van der Waals surface area contributed by atoms with Gasteiger partial charge in [0.2, 0.25) is 11.8 Å². The number of esters is 2. The maximum Gasteiger partial charge on any atom is 0.329 e. The Kier molecular flexibility index (Phi) is 12.2.